The maximum absolute atomic E-state index is 12.0. The zero-order chi connectivity index (χ0) is 12.4. The van der Waals surface area contributed by atoms with Crippen LogP contribution in [-0.4, -0.2) is 18.1 Å². The number of rotatable bonds is 2. The minimum Gasteiger partial charge on any atom is -0.462 e. The van der Waals surface area contributed by atoms with E-state index in [9.17, 15) is 4.79 Å². The maximum Gasteiger partial charge on any atom is 0.310 e. The molecule has 0 aromatic rings. The van der Waals surface area contributed by atoms with E-state index >= 15 is 0 Å². The van der Waals surface area contributed by atoms with Crippen LogP contribution in [0.3, 0.4) is 0 Å². The van der Waals surface area contributed by atoms with Crippen LogP contribution in [-0.2, 0) is 9.53 Å². The number of carbonyl (C=O) groups excluding carboxylic acids is 1. The first-order valence-electron chi connectivity index (χ1n) is 7.04. The summed E-state index contributed by atoms with van der Waals surface area (Å²) >= 11 is 0. The smallest absolute Gasteiger partial charge is 0.310 e. The molecule has 0 aliphatic heterocycles. The van der Waals surface area contributed by atoms with Gasteiger partial charge in [0.15, 0.2) is 0 Å². The second-order valence-corrected chi connectivity index (χ2v) is 6.03. The molecule has 0 saturated heterocycles. The summed E-state index contributed by atoms with van der Waals surface area (Å²) in [7, 11) is 0. The quantitative estimate of drug-likeness (QED) is 0.753. The van der Waals surface area contributed by atoms with Crippen LogP contribution in [0.2, 0.25) is 0 Å². The van der Waals surface area contributed by atoms with E-state index < -0.39 is 0 Å². The van der Waals surface area contributed by atoms with Gasteiger partial charge in [0.25, 0.3) is 0 Å². The predicted octanol–water partition coefficient (Wildman–Crippen LogP) is 2.48. The van der Waals surface area contributed by atoms with E-state index in [1.165, 1.54) is 6.42 Å². The van der Waals surface area contributed by atoms with Crippen LogP contribution in [0.5, 0.6) is 0 Å². The second kappa shape index (κ2) is 5.38. The second-order valence-electron chi connectivity index (χ2n) is 6.03. The molecule has 17 heavy (non-hydrogen) atoms. The fourth-order valence-electron chi connectivity index (χ4n) is 3.14. The molecule has 0 radical (unpaired) electrons. The van der Waals surface area contributed by atoms with Crippen molar-refractivity contribution in [2.75, 3.05) is 0 Å². The zero-order valence-electron chi connectivity index (χ0n) is 11.0. The number of hydrogen-bond donors (Lipinski definition) is 1. The Bertz CT molecular complexity index is 279. The van der Waals surface area contributed by atoms with Crippen LogP contribution < -0.4 is 5.73 Å². The predicted molar refractivity (Wildman–Crippen MR) is 67.4 cm³/mol. The number of hydrogen-bond acceptors (Lipinski definition) is 3. The van der Waals surface area contributed by atoms with Gasteiger partial charge < -0.3 is 10.5 Å². The van der Waals surface area contributed by atoms with Crippen LogP contribution >= 0.6 is 0 Å². The van der Waals surface area contributed by atoms with E-state index in [0.29, 0.717) is 5.92 Å². The standard InChI is InChI=1S/C14H25NO2/c1-9-6-7-11(8-10(9)2)17-14(16)12-4-3-5-13(12)15/h9-13H,3-8,15H2,1-2H3. The van der Waals surface area contributed by atoms with Crippen LogP contribution in [0.1, 0.15) is 52.4 Å². The van der Waals surface area contributed by atoms with Crippen molar-refractivity contribution < 1.29 is 9.53 Å². The molecule has 0 aromatic carbocycles. The molecule has 2 aliphatic carbocycles. The highest BCUT2D eigenvalue weighted by molar-refractivity contribution is 5.73. The Labute approximate surface area is 104 Å². The van der Waals surface area contributed by atoms with E-state index in [-0.39, 0.29) is 24.0 Å². The summed E-state index contributed by atoms with van der Waals surface area (Å²) in [6.07, 6.45) is 6.32. The van der Waals surface area contributed by atoms with Crippen molar-refractivity contribution in [3.63, 3.8) is 0 Å². The van der Waals surface area contributed by atoms with Crippen LogP contribution in [0.4, 0.5) is 0 Å². The third-order valence-electron chi connectivity index (χ3n) is 4.71. The Morgan fingerprint density at radius 1 is 1.12 bits per heavy atom. The van der Waals surface area contributed by atoms with Gasteiger partial charge in [-0.1, -0.05) is 20.3 Å². The molecule has 2 N–H and O–H groups in total. The van der Waals surface area contributed by atoms with Crippen LogP contribution in [0.25, 0.3) is 0 Å². The lowest BCUT2D eigenvalue weighted by Crippen LogP contribution is -2.36. The molecule has 0 spiro atoms. The molecule has 3 nitrogen and oxygen atoms in total. The lowest BCUT2D eigenvalue weighted by molar-refractivity contribution is -0.157. The van der Waals surface area contributed by atoms with Gasteiger partial charge in [-0.3, -0.25) is 4.79 Å². The molecule has 0 aromatic heterocycles. The van der Waals surface area contributed by atoms with Crippen molar-refractivity contribution in [1.82, 2.24) is 0 Å². The minimum atomic E-state index is -0.0400. The van der Waals surface area contributed by atoms with Crippen molar-refractivity contribution in [1.29, 1.82) is 0 Å². The molecular weight excluding hydrogens is 214 g/mol. The van der Waals surface area contributed by atoms with E-state index in [4.69, 9.17) is 10.5 Å². The van der Waals surface area contributed by atoms with Crippen molar-refractivity contribution in [2.24, 2.45) is 23.5 Å². The summed E-state index contributed by atoms with van der Waals surface area (Å²) < 4.78 is 5.65. The van der Waals surface area contributed by atoms with E-state index in [2.05, 4.69) is 13.8 Å². The average molecular weight is 239 g/mol. The van der Waals surface area contributed by atoms with Gasteiger partial charge in [-0.25, -0.2) is 0 Å². The Balaban J connectivity index is 1.82. The van der Waals surface area contributed by atoms with Crippen LogP contribution in [0.15, 0.2) is 0 Å². The summed E-state index contributed by atoms with van der Waals surface area (Å²) in [5.74, 6) is 1.35. The normalized spacial score (nSPS) is 42.4. The Kier molecular flexibility index (Phi) is 4.08. The van der Waals surface area contributed by atoms with Gasteiger partial charge >= 0.3 is 5.97 Å². The summed E-state index contributed by atoms with van der Waals surface area (Å²) in [5, 5.41) is 0. The van der Waals surface area contributed by atoms with Crippen molar-refractivity contribution >= 4 is 5.97 Å². The van der Waals surface area contributed by atoms with Gasteiger partial charge in [-0.2, -0.15) is 0 Å². The van der Waals surface area contributed by atoms with E-state index in [1.54, 1.807) is 0 Å². The molecule has 2 rings (SSSR count). The summed E-state index contributed by atoms with van der Waals surface area (Å²) in [4.78, 5) is 12.0. The molecule has 2 fully saturated rings. The monoisotopic (exact) mass is 239 g/mol. The highest BCUT2D eigenvalue weighted by Gasteiger charge is 2.34. The molecular formula is C14H25NO2. The topological polar surface area (TPSA) is 52.3 Å². The Hall–Kier alpha value is -0.570. The number of carbonyl (C=O) groups is 1. The third kappa shape index (κ3) is 3.01. The maximum atomic E-state index is 12.0. The number of nitrogens with two attached hydrogens (primary N) is 1. The van der Waals surface area contributed by atoms with Crippen molar-refractivity contribution in [3.05, 3.63) is 0 Å². The molecule has 0 heterocycles. The summed E-state index contributed by atoms with van der Waals surface area (Å²) in [5.41, 5.74) is 5.93. The minimum absolute atomic E-state index is 0.0300. The van der Waals surface area contributed by atoms with Gasteiger partial charge in [0.05, 0.1) is 5.92 Å². The zero-order valence-corrected chi connectivity index (χ0v) is 11.0. The average Bonchev–Trinajstić information content (AvgIpc) is 2.70. The lowest BCUT2D eigenvalue weighted by Gasteiger charge is -2.32. The largest absolute Gasteiger partial charge is 0.462 e. The molecule has 3 heteroatoms. The van der Waals surface area contributed by atoms with Gasteiger partial charge in [-0.15, -0.1) is 0 Å². The van der Waals surface area contributed by atoms with E-state index in [1.807, 2.05) is 0 Å². The SMILES string of the molecule is CC1CCC(OC(=O)C2CCCC2N)CC1C. The third-order valence-corrected chi connectivity index (χ3v) is 4.71. The molecule has 2 saturated carbocycles. The number of ether oxygens (including phenoxy) is 1. The fraction of sp³-hybridized carbons (Fsp3) is 0.929. The fourth-order valence-corrected chi connectivity index (χ4v) is 3.14. The van der Waals surface area contributed by atoms with Gasteiger partial charge in [-0.05, 0) is 43.9 Å². The highest BCUT2D eigenvalue weighted by atomic mass is 16.5. The van der Waals surface area contributed by atoms with Gasteiger partial charge in [0.1, 0.15) is 6.10 Å². The molecule has 98 valence electrons. The van der Waals surface area contributed by atoms with Crippen LogP contribution in [0, 0.1) is 17.8 Å². The van der Waals surface area contributed by atoms with E-state index in [0.717, 1.165) is 38.0 Å². The molecule has 5 unspecified atom stereocenters. The van der Waals surface area contributed by atoms with Crippen molar-refractivity contribution in [2.45, 2.75) is 64.5 Å². The lowest BCUT2D eigenvalue weighted by atomic mass is 9.80. The highest BCUT2D eigenvalue weighted by Crippen LogP contribution is 2.32. The Morgan fingerprint density at radius 2 is 1.88 bits per heavy atom. The first-order chi connectivity index (χ1) is 8.08. The molecule has 5 atom stereocenters. The first kappa shape index (κ1) is 12.9. The summed E-state index contributed by atoms with van der Waals surface area (Å²) in [6.45, 7) is 4.54. The molecule has 0 amide bonds. The number of esters is 1. The van der Waals surface area contributed by atoms with Gasteiger partial charge in [0, 0.05) is 6.04 Å². The summed E-state index contributed by atoms with van der Waals surface area (Å²) in [6, 6.07) is 0.0300. The van der Waals surface area contributed by atoms with Gasteiger partial charge in [0.2, 0.25) is 0 Å². The first-order valence-corrected chi connectivity index (χ1v) is 7.04. The molecule has 0 bridgehead atoms. The molecule has 2 aliphatic rings. The van der Waals surface area contributed by atoms with Crippen molar-refractivity contribution in [3.8, 4) is 0 Å². The Morgan fingerprint density at radius 3 is 2.47 bits per heavy atom.